The topological polar surface area (TPSA) is 86.8 Å². The molecule has 9 nitrogen and oxygen atoms in total. The van der Waals surface area contributed by atoms with E-state index >= 15 is 0 Å². The molecule has 1 aliphatic rings. The molecule has 1 aromatic carbocycles. The smallest absolute Gasteiger partial charge is 0.261 e. The summed E-state index contributed by atoms with van der Waals surface area (Å²) < 4.78 is 14.8. The molecule has 4 aromatic rings. The lowest BCUT2D eigenvalue weighted by atomic mass is 10.2. The van der Waals surface area contributed by atoms with E-state index in [2.05, 4.69) is 20.0 Å². The molecule has 0 N–H and O–H groups in total. The van der Waals surface area contributed by atoms with Crippen molar-refractivity contribution in [2.24, 2.45) is 0 Å². The van der Waals surface area contributed by atoms with Gasteiger partial charge in [-0.1, -0.05) is 0 Å². The second-order valence-corrected chi connectivity index (χ2v) is 7.89. The Kier molecular flexibility index (Phi) is 5.03. The van der Waals surface area contributed by atoms with Gasteiger partial charge in [-0.3, -0.25) is 4.79 Å². The maximum absolute atomic E-state index is 12.9. The van der Waals surface area contributed by atoms with Crippen molar-refractivity contribution in [3.05, 3.63) is 47.0 Å². The number of aryl methyl sites for hydroxylation is 1. The summed E-state index contributed by atoms with van der Waals surface area (Å²) in [6.07, 6.45) is 5.14. The minimum absolute atomic E-state index is 0.0710. The Morgan fingerprint density at radius 1 is 1.13 bits per heavy atom. The number of pyridine rings is 1. The van der Waals surface area contributed by atoms with E-state index in [4.69, 9.17) is 9.47 Å². The number of aromatic nitrogens is 5. The van der Waals surface area contributed by atoms with Crippen LogP contribution in [-0.2, 0) is 6.54 Å². The van der Waals surface area contributed by atoms with Gasteiger partial charge in [0.25, 0.3) is 11.3 Å². The highest BCUT2D eigenvalue weighted by Gasteiger charge is 2.16. The predicted molar refractivity (Wildman–Crippen MR) is 117 cm³/mol. The van der Waals surface area contributed by atoms with Crippen molar-refractivity contribution in [1.29, 1.82) is 0 Å². The third-order valence-corrected chi connectivity index (χ3v) is 5.32. The van der Waals surface area contributed by atoms with Crippen LogP contribution in [0.15, 0.2) is 41.5 Å². The fourth-order valence-electron chi connectivity index (χ4n) is 3.72. The van der Waals surface area contributed by atoms with Crippen LogP contribution in [-0.4, -0.2) is 62.9 Å². The lowest BCUT2D eigenvalue weighted by molar-refractivity contribution is 0.297. The summed E-state index contributed by atoms with van der Waals surface area (Å²) in [5, 5.41) is 5.15. The zero-order chi connectivity index (χ0) is 21.4. The second-order valence-electron chi connectivity index (χ2n) is 7.89. The number of fused-ring (bicyclic) bond motifs is 4. The SMILES string of the molecule is CN(C)CCCn1ccc2c(cnc3nc(-c4ccc5c(c4)OCCCO5)nn32)c1=O. The standard InChI is InChI=1S/C22H24N6O3/c1-26(2)8-3-9-27-10-7-17-16(21(27)29)14-23-22-24-20(25-28(17)22)15-5-6-18-19(13-15)31-12-4-11-30-18/h5-7,10,13-14H,3-4,8-9,11-12H2,1-2H3. The van der Waals surface area contributed by atoms with Gasteiger partial charge in [0.15, 0.2) is 17.3 Å². The van der Waals surface area contributed by atoms with Crippen LogP contribution in [0.5, 0.6) is 11.5 Å². The van der Waals surface area contributed by atoms with Crippen molar-refractivity contribution in [2.45, 2.75) is 19.4 Å². The van der Waals surface area contributed by atoms with Crippen LogP contribution >= 0.6 is 0 Å². The first-order valence-corrected chi connectivity index (χ1v) is 10.4. The van der Waals surface area contributed by atoms with Gasteiger partial charge in [-0.15, -0.1) is 5.10 Å². The largest absolute Gasteiger partial charge is 0.490 e. The van der Waals surface area contributed by atoms with Crippen molar-refractivity contribution in [3.63, 3.8) is 0 Å². The van der Waals surface area contributed by atoms with E-state index in [0.29, 0.717) is 48.0 Å². The molecule has 4 heterocycles. The summed E-state index contributed by atoms with van der Waals surface area (Å²) in [6.45, 7) is 2.83. The number of hydrogen-bond acceptors (Lipinski definition) is 7. The lowest BCUT2D eigenvalue weighted by Crippen LogP contribution is -2.23. The summed E-state index contributed by atoms with van der Waals surface area (Å²) in [6, 6.07) is 7.56. The maximum Gasteiger partial charge on any atom is 0.261 e. The number of benzene rings is 1. The summed E-state index contributed by atoms with van der Waals surface area (Å²) in [4.78, 5) is 24.0. The van der Waals surface area contributed by atoms with E-state index in [9.17, 15) is 4.79 Å². The first kappa shape index (κ1) is 19.5. The third kappa shape index (κ3) is 3.72. The molecule has 0 spiro atoms. The molecular formula is C22H24N6O3. The van der Waals surface area contributed by atoms with Gasteiger partial charge in [0, 0.05) is 30.9 Å². The molecule has 0 saturated carbocycles. The Morgan fingerprint density at radius 2 is 1.97 bits per heavy atom. The molecule has 5 rings (SSSR count). The molecule has 0 saturated heterocycles. The summed E-state index contributed by atoms with van der Waals surface area (Å²) in [5.74, 6) is 2.38. The van der Waals surface area contributed by atoms with Gasteiger partial charge in [0.1, 0.15) is 0 Å². The Balaban J connectivity index is 1.53. The van der Waals surface area contributed by atoms with E-state index in [1.807, 2.05) is 44.6 Å². The molecule has 31 heavy (non-hydrogen) atoms. The molecule has 160 valence electrons. The van der Waals surface area contributed by atoms with Crippen LogP contribution in [0.4, 0.5) is 0 Å². The predicted octanol–water partition coefficient (Wildman–Crippen LogP) is 2.22. The average molecular weight is 420 g/mol. The van der Waals surface area contributed by atoms with Gasteiger partial charge in [0.2, 0.25) is 0 Å². The summed E-state index contributed by atoms with van der Waals surface area (Å²) in [7, 11) is 4.05. The van der Waals surface area contributed by atoms with Crippen LogP contribution < -0.4 is 15.0 Å². The fourth-order valence-corrected chi connectivity index (χ4v) is 3.72. The van der Waals surface area contributed by atoms with E-state index in [0.717, 1.165) is 30.7 Å². The minimum Gasteiger partial charge on any atom is -0.490 e. The monoisotopic (exact) mass is 420 g/mol. The Morgan fingerprint density at radius 3 is 2.81 bits per heavy atom. The third-order valence-electron chi connectivity index (χ3n) is 5.32. The molecule has 1 aliphatic heterocycles. The first-order valence-electron chi connectivity index (χ1n) is 10.4. The number of rotatable bonds is 5. The van der Waals surface area contributed by atoms with Crippen LogP contribution in [0, 0.1) is 0 Å². The fraction of sp³-hybridized carbons (Fsp3) is 0.364. The molecule has 0 unspecified atom stereocenters. The summed E-state index contributed by atoms with van der Waals surface area (Å²) in [5.41, 5.74) is 1.42. The molecule has 0 atom stereocenters. The number of ether oxygens (including phenoxy) is 2. The highest BCUT2D eigenvalue weighted by atomic mass is 16.5. The highest BCUT2D eigenvalue weighted by Crippen LogP contribution is 2.33. The molecule has 0 radical (unpaired) electrons. The minimum atomic E-state index is -0.0710. The number of hydrogen-bond donors (Lipinski definition) is 0. The van der Waals surface area contributed by atoms with E-state index in [-0.39, 0.29) is 5.56 Å². The highest BCUT2D eigenvalue weighted by molar-refractivity contribution is 5.79. The van der Waals surface area contributed by atoms with Crippen LogP contribution in [0.2, 0.25) is 0 Å². The van der Waals surface area contributed by atoms with E-state index in [1.54, 1.807) is 15.3 Å². The molecule has 0 amide bonds. The van der Waals surface area contributed by atoms with Crippen molar-refractivity contribution in [3.8, 4) is 22.9 Å². The van der Waals surface area contributed by atoms with E-state index < -0.39 is 0 Å². The molecule has 3 aromatic heterocycles. The van der Waals surface area contributed by atoms with Crippen LogP contribution in [0.3, 0.4) is 0 Å². The Hall–Kier alpha value is -3.46. The zero-order valence-electron chi connectivity index (χ0n) is 17.6. The molecular weight excluding hydrogens is 396 g/mol. The Labute approximate surface area is 178 Å². The van der Waals surface area contributed by atoms with Crippen molar-refractivity contribution in [2.75, 3.05) is 33.9 Å². The first-order chi connectivity index (χ1) is 15.1. The Bertz CT molecular complexity index is 1310. The molecule has 0 aliphatic carbocycles. The van der Waals surface area contributed by atoms with Gasteiger partial charge in [-0.2, -0.15) is 9.50 Å². The zero-order valence-corrected chi connectivity index (χ0v) is 17.6. The quantitative estimate of drug-likeness (QED) is 0.489. The van der Waals surface area contributed by atoms with Crippen LogP contribution in [0.1, 0.15) is 12.8 Å². The van der Waals surface area contributed by atoms with E-state index in [1.165, 1.54) is 0 Å². The van der Waals surface area contributed by atoms with Crippen LogP contribution in [0.25, 0.3) is 28.1 Å². The van der Waals surface area contributed by atoms with Gasteiger partial charge in [-0.25, -0.2) is 4.98 Å². The van der Waals surface area contributed by atoms with Crippen molar-refractivity contribution in [1.82, 2.24) is 29.0 Å². The average Bonchev–Trinajstić information content (AvgIpc) is 3.06. The molecule has 0 fully saturated rings. The van der Waals surface area contributed by atoms with Gasteiger partial charge in [0.05, 0.1) is 24.1 Å². The van der Waals surface area contributed by atoms with Gasteiger partial charge < -0.3 is 18.9 Å². The van der Waals surface area contributed by atoms with Gasteiger partial charge >= 0.3 is 0 Å². The second kappa shape index (κ2) is 7.99. The lowest BCUT2D eigenvalue weighted by Gasteiger charge is -2.11. The summed E-state index contributed by atoms with van der Waals surface area (Å²) >= 11 is 0. The van der Waals surface area contributed by atoms with Crippen molar-refractivity contribution >= 4 is 16.7 Å². The van der Waals surface area contributed by atoms with Crippen molar-refractivity contribution < 1.29 is 9.47 Å². The molecule has 9 heteroatoms. The van der Waals surface area contributed by atoms with Gasteiger partial charge in [-0.05, 0) is 51.3 Å². The normalized spacial score (nSPS) is 13.8. The number of nitrogens with zero attached hydrogens (tertiary/aromatic N) is 6. The molecule has 0 bridgehead atoms. The maximum atomic E-state index is 12.9.